The average Bonchev–Trinajstić information content (AvgIpc) is 3.32. The van der Waals surface area contributed by atoms with E-state index in [4.69, 9.17) is 0 Å². The van der Waals surface area contributed by atoms with Gasteiger partial charge in [-0.2, -0.15) is 0 Å². The second-order valence-electron chi connectivity index (χ2n) is 7.07. The number of carbonyl (C=O) groups excluding carboxylic acids is 2. The van der Waals surface area contributed by atoms with Crippen molar-refractivity contribution in [1.29, 1.82) is 0 Å². The van der Waals surface area contributed by atoms with Crippen molar-refractivity contribution >= 4 is 11.7 Å². The third kappa shape index (κ3) is 4.75. The first-order valence-corrected chi connectivity index (χ1v) is 9.82. The van der Waals surface area contributed by atoms with Crippen molar-refractivity contribution in [2.45, 2.75) is 12.6 Å². The third-order valence-corrected chi connectivity index (χ3v) is 4.96. The van der Waals surface area contributed by atoms with Gasteiger partial charge in [0.15, 0.2) is 5.78 Å². The summed E-state index contributed by atoms with van der Waals surface area (Å²) in [6.45, 7) is 0.257. The largest absolute Gasteiger partial charge is 0.340 e. The maximum absolute atomic E-state index is 14.0. The Labute approximate surface area is 179 Å². The predicted octanol–water partition coefficient (Wildman–Crippen LogP) is 4.37. The van der Waals surface area contributed by atoms with E-state index in [9.17, 15) is 14.0 Å². The highest BCUT2D eigenvalue weighted by molar-refractivity contribution is 6.04. The number of nitrogens with zero attached hydrogens (tertiary/aromatic N) is 2. The van der Waals surface area contributed by atoms with Gasteiger partial charge in [0, 0.05) is 29.1 Å². The molecule has 154 valence electrons. The van der Waals surface area contributed by atoms with Gasteiger partial charge in [-0.15, -0.1) is 0 Å². The SMILES string of the molecule is O=C(NC(Cn1ccnc1)C(=O)c1ccccc1)c1ccc(-c2ccccc2F)cc1. The molecule has 1 heterocycles. The zero-order valence-electron chi connectivity index (χ0n) is 16.6. The van der Waals surface area contributed by atoms with Crippen molar-refractivity contribution in [2.24, 2.45) is 0 Å². The molecule has 4 rings (SSSR count). The zero-order valence-corrected chi connectivity index (χ0v) is 16.6. The van der Waals surface area contributed by atoms with Gasteiger partial charge in [0.1, 0.15) is 11.9 Å². The fraction of sp³-hybridized carbons (Fsp3) is 0.0800. The molecule has 3 aromatic carbocycles. The highest BCUT2D eigenvalue weighted by atomic mass is 19.1. The molecule has 5 nitrogen and oxygen atoms in total. The minimum atomic E-state index is -0.768. The molecule has 0 fully saturated rings. The summed E-state index contributed by atoms with van der Waals surface area (Å²) in [5.41, 5.74) is 2.04. The maximum Gasteiger partial charge on any atom is 0.251 e. The quantitative estimate of drug-likeness (QED) is 0.458. The second kappa shape index (κ2) is 9.17. The number of imidazole rings is 1. The van der Waals surface area contributed by atoms with E-state index in [2.05, 4.69) is 10.3 Å². The van der Waals surface area contributed by atoms with Gasteiger partial charge in [-0.05, 0) is 23.8 Å². The first-order chi connectivity index (χ1) is 15.1. The number of carbonyl (C=O) groups is 2. The topological polar surface area (TPSA) is 64.0 Å². The Morgan fingerprint density at radius 3 is 2.29 bits per heavy atom. The monoisotopic (exact) mass is 413 g/mol. The van der Waals surface area contributed by atoms with Crippen LogP contribution >= 0.6 is 0 Å². The average molecular weight is 413 g/mol. The predicted molar refractivity (Wildman–Crippen MR) is 116 cm³/mol. The lowest BCUT2D eigenvalue weighted by atomic mass is 10.0. The molecule has 0 bridgehead atoms. The van der Waals surface area contributed by atoms with Crippen LogP contribution in [-0.4, -0.2) is 27.3 Å². The molecule has 0 saturated heterocycles. The summed E-state index contributed by atoms with van der Waals surface area (Å²) < 4.78 is 15.8. The van der Waals surface area contributed by atoms with Crippen LogP contribution in [0.5, 0.6) is 0 Å². The lowest BCUT2D eigenvalue weighted by molar-refractivity contribution is 0.0847. The van der Waals surface area contributed by atoms with Crippen LogP contribution in [0.4, 0.5) is 4.39 Å². The van der Waals surface area contributed by atoms with Gasteiger partial charge in [-0.1, -0.05) is 60.7 Å². The van der Waals surface area contributed by atoms with Crippen LogP contribution in [0.1, 0.15) is 20.7 Å². The molecular formula is C25H20FN3O2. The van der Waals surface area contributed by atoms with Crippen molar-refractivity contribution in [3.63, 3.8) is 0 Å². The van der Waals surface area contributed by atoms with Crippen molar-refractivity contribution in [1.82, 2.24) is 14.9 Å². The normalized spacial score (nSPS) is 11.6. The smallest absolute Gasteiger partial charge is 0.251 e. The van der Waals surface area contributed by atoms with Crippen molar-refractivity contribution in [2.75, 3.05) is 0 Å². The summed E-state index contributed by atoms with van der Waals surface area (Å²) in [7, 11) is 0. The number of rotatable bonds is 7. The van der Waals surface area contributed by atoms with Gasteiger partial charge >= 0.3 is 0 Å². The number of benzene rings is 3. The van der Waals surface area contributed by atoms with E-state index in [1.807, 2.05) is 6.07 Å². The first-order valence-electron chi connectivity index (χ1n) is 9.82. The molecule has 0 saturated carbocycles. The number of amides is 1. The van der Waals surface area contributed by atoms with Crippen molar-refractivity contribution < 1.29 is 14.0 Å². The van der Waals surface area contributed by atoms with Crippen LogP contribution in [-0.2, 0) is 6.54 Å². The third-order valence-electron chi connectivity index (χ3n) is 4.96. The summed E-state index contributed by atoms with van der Waals surface area (Å²) >= 11 is 0. The minimum absolute atomic E-state index is 0.189. The number of aromatic nitrogens is 2. The van der Waals surface area contributed by atoms with Crippen LogP contribution in [0.25, 0.3) is 11.1 Å². The fourth-order valence-corrected chi connectivity index (χ4v) is 3.34. The standard InChI is InChI=1S/C25H20FN3O2/c26-22-9-5-4-8-21(22)18-10-12-20(13-11-18)25(31)28-23(16-29-15-14-27-17-29)24(30)19-6-2-1-3-7-19/h1-15,17,23H,16H2,(H,28,31). The lowest BCUT2D eigenvalue weighted by Crippen LogP contribution is -2.43. The highest BCUT2D eigenvalue weighted by Gasteiger charge is 2.23. The number of Topliss-reactive ketones (excluding diaryl/α,β-unsaturated/α-hetero) is 1. The van der Waals surface area contributed by atoms with E-state index in [-0.39, 0.29) is 24.1 Å². The summed E-state index contributed by atoms with van der Waals surface area (Å²) in [5.74, 6) is -0.895. The molecule has 1 atom stereocenters. The molecule has 0 aliphatic rings. The number of ketones is 1. The Balaban J connectivity index is 1.54. The van der Waals surface area contributed by atoms with E-state index in [1.165, 1.54) is 6.07 Å². The summed E-state index contributed by atoms with van der Waals surface area (Å²) in [6, 6.07) is 21.2. The van der Waals surface area contributed by atoms with Crippen molar-refractivity contribution in [3.05, 3.63) is 115 Å². The van der Waals surface area contributed by atoms with Gasteiger partial charge in [0.25, 0.3) is 5.91 Å². The van der Waals surface area contributed by atoms with Gasteiger partial charge in [-0.25, -0.2) is 9.37 Å². The van der Waals surface area contributed by atoms with Gasteiger partial charge in [0.05, 0.1) is 12.9 Å². The van der Waals surface area contributed by atoms with Crippen LogP contribution in [0, 0.1) is 5.82 Å². The van der Waals surface area contributed by atoms with E-state index in [0.717, 1.165) is 0 Å². The van der Waals surface area contributed by atoms with E-state index in [0.29, 0.717) is 22.3 Å². The Morgan fingerprint density at radius 1 is 0.903 bits per heavy atom. The molecule has 0 radical (unpaired) electrons. The Morgan fingerprint density at radius 2 is 1.61 bits per heavy atom. The number of hydrogen-bond acceptors (Lipinski definition) is 3. The van der Waals surface area contributed by atoms with Crippen LogP contribution in [0.3, 0.4) is 0 Å². The Hall–Kier alpha value is -4.06. The van der Waals surface area contributed by atoms with Gasteiger partial charge in [-0.3, -0.25) is 9.59 Å². The van der Waals surface area contributed by atoms with E-state index in [1.54, 1.807) is 90.0 Å². The Kier molecular flexibility index (Phi) is 5.98. The summed E-state index contributed by atoms with van der Waals surface area (Å²) in [4.78, 5) is 29.9. The molecule has 1 aromatic heterocycles. The number of hydrogen-bond donors (Lipinski definition) is 1. The lowest BCUT2D eigenvalue weighted by Gasteiger charge is -2.18. The molecule has 0 aliphatic heterocycles. The summed E-state index contributed by atoms with van der Waals surface area (Å²) in [6.07, 6.45) is 4.95. The Bertz CT molecular complexity index is 1170. The summed E-state index contributed by atoms with van der Waals surface area (Å²) in [5, 5.41) is 2.83. The van der Waals surface area contributed by atoms with Gasteiger partial charge < -0.3 is 9.88 Å². The molecule has 0 spiro atoms. The zero-order chi connectivity index (χ0) is 21.6. The fourth-order valence-electron chi connectivity index (χ4n) is 3.34. The molecule has 4 aromatic rings. The maximum atomic E-state index is 14.0. The molecule has 1 unspecified atom stereocenters. The highest BCUT2D eigenvalue weighted by Crippen LogP contribution is 2.22. The molecule has 31 heavy (non-hydrogen) atoms. The molecule has 0 aliphatic carbocycles. The number of nitrogens with one attached hydrogen (secondary N) is 1. The molecule has 1 N–H and O–H groups in total. The number of halogens is 1. The van der Waals surface area contributed by atoms with Crippen molar-refractivity contribution in [3.8, 4) is 11.1 Å². The molecule has 6 heteroatoms. The molecular weight excluding hydrogens is 393 g/mol. The second-order valence-corrected chi connectivity index (χ2v) is 7.07. The first kappa shape index (κ1) is 20.2. The van der Waals surface area contributed by atoms with E-state index < -0.39 is 6.04 Å². The van der Waals surface area contributed by atoms with E-state index >= 15 is 0 Å². The molecule has 1 amide bonds. The van der Waals surface area contributed by atoms with Gasteiger partial charge in [0.2, 0.25) is 0 Å². The van der Waals surface area contributed by atoms with Crippen LogP contribution in [0.2, 0.25) is 0 Å². The van der Waals surface area contributed by atoms with Crippen LogP contribution < -0.4 is 5.32 Å². The van der Waals surface area contributed by atoms with Crippen LogP contribution in [0.15, 0.2) is 97.6 Å². The minimum Gasteiger partial charge on any atom is -0.340 e.